The van der Waals surface area contributed by atoms with Gasteiger partial charge in [0.2, 0.25) is 0 Å². The van der Waals surface area contributed by atoms with Crippen LogP contribution in [0, 0.1) is 6.92 Å². The summed E-state index contributed by atoms with van der Waals surface area (Å²) in [6.45, 7) is 2.86. The first-order valence-electron chi connectivity index (χ1n) is 7.35. The van der Waals surface area contributed by atoms with E-state index in [0.29, 0.717) is 19.6 Å². The highest BCUT2D eigenvalue weighted by Gasteiger charge is 2.14. The number of hydrogen-bond acceptors (Lipinski definition) is 4. The molecule has 122 valence electrons. The minimum absolute atomic E-state index is 0.0208. The lowest BCUT2D eigenvalue weighted by Gasteiger charge is -2.09. The number of benzene rings is 1. The molecule has 1 heterocycles. The van der Waals surface area contributed by atoms with Crippen molar-refractivity contribution >= 4 is 5.91 Å². The highest BCUT2D eigenvalue weighted by atomic mass is 16.5. The van der Waals surface area contributed by atoms with Gasteiger partial charge in [0.1, 0.15) is 5.75 Å². The van der Waals surface area contributed by atoms with Crippen LogP contribution < -0.4 is 15.6 Å². The Morgan fingerprint density at radius 3 is 2.65 bits per heavy atom. The predicted molar refractivity (Wildman–Crippen MR) is 87.0 cm³/mol. The lowest BCUT2D eigenvalue weighted by molar-refractivity contribution is 0.0948. The smallest absolute Gasteiger partial charge is 0.293 e. The molecule has 0 fully saturated rings. The fourth-order valence-corrected chi connectivity index (χ4v) is 1.99. The van der Waals surface area contributed by atoms with E-state index in [1.165, 1.54) is 29.4 Å². The summed E-state index contributed by atoms with van der Waals surface area (Å²) in [4.78, 5) is 23.5. The van der Waals surface area contributed by atoms with E-state index in [2.05, 4.69) is 5.32 Å². The van der Waals surface area contributed by atoms with Crippen LogP contribution in [0.15, 0.2) is 41.3 Å². The molecule has 1 aromatic heterocycles. The maximum Gasteiger partial charge on any atom is 0.293 e. The minimum Gasteiger partial charge on any atom is -0.502 e. The molecule has 6 heteroatoms. The van der Waals surface area contributed by atoms with Crippen LogP contribution >= 0.6 is 0 Å². The Kier molecular flexibility index (Phi) is 5.41. The van der Waals surface area contributed by atoms with Gasteiger partial charge in [-0.3, -0.25) is 9.59 Å². The maximum absolute atomic E-state index is 11.9. The summed E-state index contributed by atoms with van der Waals surface area (Å²) in [6.07, 6.45) is 2.06. The Hall–Kier alpha value is -2.76. The molecule has 0 spiro atoms. The average Bonchev–Trinajstić information content (AvgIpc) is 2.54. The fraction of sp³-hybridized carbons (Fsp3) is 0.294. The molecule has 0 aliphatic carbocycles. The second kappa shape index (κ2) is 7.49. The monoisotopic (exact) mass is 316 g/mol. The molecule has 0 aliphatic rings. The first-order chi connectivity index (χ1) is 11.0. The number of carbonyl (C=O) groups excluding carboxylic acids is 1. The number of aromatic nitrogens is 1. The second-order valence-corrected chi connectivity index (χ2v) is 5.27. The molecule has 0 saturated heterocycles. The van der Waals surface area contributed by atoms with Gasteiger partial charge in [0, 0.05) is 19.8 Å². The maximum atomic E-state index is 11.9. The van der Waals surface area contributed by atoms with Crippen LogP contribution in [-0.2, 0) is 7.05 Å². The number of nitrogens with one attached hydrogen (secondary N) is 1. The Morgan fingerprint density at radius 1 is 1.26 bits per heavy atom. The fourth-order valence-electron chi connectivity index (χ4n) is 1.99. The molecule has 0 bridgehead atoms. The van der Waals surface area contributed by atoms with Crippen molar-refractivity contribution in [2.45, 2.75) is 13.3 Å². The second-order valence-electron chi connectivity index (χ2n) is 5.27. The number of amides is 1. The largest absolute Gasteiger partial charge is 0.502 e. The Morgan fingerprint density at radius 2 is 1.96 bits per heavy atom. The van der Waals surface area contributed by atoms with Gasteiger partial charge < -0.3 is 19.7 Å². The molecule has 2 rings (SSSR count). The van der Waals surface area contributed by atoms with Gasteiger partial charge in [0.25, 0.3) is 11.5 Å². The van der Waals surface area contributed by atoms with E-state index in [0.717, 1.165) is 5.75 Å². The van der Waals surface area contributed by atoms with E-state index < -0.39 is 17.2 Å². The zero-order valence-electron chi connectivity index (χ0n) is 13.2. The lowest BCUT2D eigenvalue weighted by Crippen LogP contribution is -2.28. The molecule has 2 N–H and O–H groups in total. The van der Waals surface area contributed by atoms with Crippen molar-refractivity contribution < 1.29 is 14.6 Å². The summed E-state index contributed by atoms with van der Waals surface area (Å²) in [5.74, 6) is -0.231. The number of nitrogens with zero attached hydrogens (tertiary/aromatic N) is 1. The van der Waals surface area contributed by atoms with Gasteiger partial charge >= 0.3 is 0 Å². The lowest BCUT2D eigenvalue weighted by atomic mass is 10.2. The van der Waals surface area contributed by atoms with E-state index in [1.54, 1.807) is 0 Å². The predicted octanol–water partition coefficient (Wildman–Crippen LogP) is 1.60. The van der Waals surface area contributed by atoms with Crippen LogP contribution in [0.3, 0.4) is 0 Å². The van der Waals surface area contributed by atoms with E-state index >= 15 is 0 Å². The quantitative estimate of drug-likeness (QED) is 0.793. The molecule has 2 aromatic rings. The van der Waals surface area contributed by atoms with Crippen molar-refractivity contribution in [3.63, 3.8) is 0 Å². The molecule has 0 unspecified atom stereocenters. The van der Waals surface area contributed by atoms with Crippen molar-refractivity contribution in [1.29, 1.82) is 0 Å². The first-order valence-corrected chi connectivity index (χ1v) is 7.35. The molecular formula is C17H20N2O4. The van der Waals surface area contributed by atoms with E-state index in [1.807, 2.05) is 31.2 Å². The average molecular weight is 316 g/mol. The van der Waals surface area contributed by atoms with Gasteiger partial charge in [-0.1, -0.05) is 17.7 Å². The summed E-state index contributed by atoms with van der Waals surface area (Å²) < 4.78 is 6.76. The molecular weight excluding hydrogens is 296 g/mol. The number of aryl methyl sites for hydroxylation is 2. The zero-order valence-corrected chi connectivity index (χ0v) is 13.2. The number of carbonyl (C=O) groups is 1. The van der Waals surface area contributed by atoms with Gasteiger partial charge in [-0.25, -0.2) is 0 Å². The third-order valence-electron chi connectivity index (χ3n) is 3.38. The molecule has 1 amide bonds. The SMILES string of the molecule is Cc1ccc(OCCCNC(=O)c2ccn(C)c(=O)c2O)cc1. The van der Waals surface area contributed by atoms with Gasteiger partial charge in [-0.2, -0.15) is 0 Å². The normalized spacial score (nSPS) is 10.3. The van der Waals surface area contributed by atoms with Crippen molar-refractivity contribution in [1.82, 2.24) is 9.88 Å². The minimum atomic E-state index is -0.597. The first kappa shape index (κ1) is 16.6. The molecule has 6 nitrogen and oxygen atoms in total. The number of hydrogen-bond donors (Lipinski definition) is 2. The number of aromatic hydroxyl groups is 1. The Balaban J connectivity index is 1.78. The summed E-state index contributed by atoms with van der Waals surface area (Å²) in [6, 6.07) is 9.14. The molecule has 0 saturated carbocycles. The third-order valence-corrected chi connectivity index (χ3v) is 3.38. The summed E-state index contributed by atoms with van der Waals surface area (Å²) >= 11 is 0. The summed E-state index contributed by atoms with van der Waals surface area (Å²) in [5.41, 5.74) is 0.548. The van der Waals surface area contributed by atoms with Crippen molar-refractivity contribution in [2.75, 3.05) is 13.2 Å². The molecule has 1 aromatic carbocycles. The third kappa shape index (κ3) is 4.35. The number of rotatable bonds is 6. The Bertz CT molecular complexity index is 735. The standard InChI is InChI=1S/C17H20N2O4/c1-12-4-6-13(7-5-12)23-11-3-9-18-16(21)14-8-10-19(2)17(22)15(14)20/h4-8,10,20H,3,9,11H2,1-2H3,(H,18,21). The van der Waals surface area contributed by atoms with E-state index in [-0.39, 0.29) is 5.56 Å². The van der Waals surface area contributed by atoms with Crippen molar-refractivity contribution in [3.05, 3.63) is 58.0 Å². The van der Waals surface area contributed by atoms with Crippen LogP contribution in [0.5, 0.6) is 11.5 Å². The Labute approximate surface area is 134 Å². The van der Waals surface area contributed by atoms with Crippen LogP contribution in [0.25, 0.3) is 0 Å². The van der Waals surface area contributed by atoms with E-state index in [4.69, 9.17) is 4.74 Å². The van der Waals surface area contributed by atoms with Gasteiger partial charge in [0.15, 0.2) is 5.75 Å². The van der Waals surface area contributed by atoms with Gasteiger partial charge in [0.05, 0.1) is 12.2 Å². The van der Waals surface area contributed by atoms with Crippen LogP contribution in [0.1, 0.15) is 22.3 Å². The highest BCUT2D eigenvalue weighted by Crippen LogP contribution is 2.12. The summed E-state index contributed by atoms with van der Waals surface area (Å²) in [7, 11) is 1.51. The summed E-state index contributed by atoms with van der Waals surface area (Å²) in [5, 5.41) is 12.4. The molecule has 23 heavy (non-hydrogen) atoms. The van der Waals surface area contributed by atoms with Crippen LogP contribution in [0.2, 0.25) is 0 Å². The van der Waals surface area contributed by atoms with Gasteiger partial charge in [-0.05, 0) is 31.5 Å². The number of pyridine rings is 1. The van der Waals surface area contributed by atoms with E-state index in [9.17, 15) is 14.7 Å². The van der Waals surface area contributed by atoms with Crippen molar-refractivity contribution in [2.24, 2.45) is 7.05 Å². The molecule has 0 radical (unpaired) electrons. The van der Waals surface area contributed by atoms with Gasteiger partial charge in [-0.15, -0.1) is 0 Å². The van der Waals surface area contributed by atoms with Crippen LogP contribution in [-0.4, -0.2) is 28.7 Å². The number of ether oxygens (including phenoxy) is 1. The van der Waals surface area contributed by atoms with Crippen LogP contribution in [0.4, 0.5) is 0 Å². The topological polar surface area (TPSA) is 80.6 Å². The zero-order chi connectivity index (χ0) is 16.8. The molecule has 0 atom stereocenters. The van der Waals surface area contributed by atoms with Crippen molar-refractivity contribution in [3.8, 4) is 11.5 Å². The highest BCUT2D eigenvalue weighted by molar-refractivity contribution is 5.96. The molecule has 0 aliphatic heterocycles.